The van der Waals surface area contributed by atoms with E-state index in [-0.39, 0.29) is 32.9 Å². The van der Waals surface area contributed by atoms with Crippen LogP contribution in [-0.4, -0.2) is 44.0 Å². The van der Waals surface area contributed by atoms with Gasteiger partial charge in [0.25, 0.3) is 5.76 Å². The molecular formula is C9H13F4NO2. The van der Waals surface area contributed by atoms with E-state index in [1.54, 1.807) is 0 Å². The first-order valence-electron chi connectivity index (χ1n) is 4.89. The molecule has 0 aromatic heterocycles. The largest absolute Gasteiger partial charge is 0.486 e. The zero-order valence-electron chi connectivity index (χ0n) is 8.81. The van der Waals surface area contributed by atoms with E-state index < -0.39 is 17.9 Å². The molecule has 0 atom stereocenters. The van der Waals surface area contributed by atoms with Crippen LogP contribution in [0.2, 0.25) is 0 Å². The number of allylic oxidation sites excluding steroid dienone is 1. The SMILES string of the molecule is CCO/C(=C(\F)N1CCOCC1)C(F)(F)F. The fourth-order valence-electron chi connectivity index (χ4n) is 1.31. The number of hydrogen-bond donors (Lipinski definition) is 0. The summed E-state index contributed by atoms with van der Waals surface area (Å²) in [7, 11) is 0. The number of alkyl halides is 3. The first-order valence-corrected chi connectivity index (χ1v) is 4.89. The lowest BCUT2D eigenvalue weighted by molar-refractivity contribution is -0.136. The molecule has 0 amide bonds. The van der Waals surface area contributed by atoms with Gasteiger partial charge in [-0.25, -0.2) is 0 Å². The minimum atomic E-state index is -4.81. The van der Waals surface area contributed by atoms with E-state index in [0.717, 1.165) is 4.90 Å². The maximum atomic E-state index is 13.5. The van der Waals surface area contributed by atoms with Crippen LogP contribution in [0, 0.1) is 0 Å². The second kappa shape index (κ2) is 5.38. The molecule has 1 fully saturated rings. The smallest absolute Gasteiger partial charge is 0.453 e. The third-order valence-electron chi connectivity index (χ3n) is 2.02. The van der Waals surface area contributed by atoms with Crippen molar-refractivity contribution in [3.05, 3.63) is 11.7 Å². The standard InChI is InChI=1S/C9H13F4NO2/c1-2-16-7(9(11,12)13)8(10)14-3-5-15-6-4-14/h2-6H2,1H3/b8-7+. The lowest BCUT2D eigenvalue weighted by atomic mass is 10.4. The third-order valence-corrected chi connectivity index (χ3v) is 2.02. The van der Waals surface area contributed by atoms with Gasteiger partial charge in [-0.1, -0.05) is 0 Å². The Balaban J connectivity index is 2.86. The molecular weight excluding hydrogens is 230 g/mol. The van der Waals surface area contributed by atoms with Gasteiger partial charge in [-0.3, -0.25) is 0 Å². The van der Waals surface area contributed by atoms with E-state index in [0.29, 0.717) is 0 Å². The summed E-state index contributed by atoms with van der Waals surface area (Å²) < 4.78 is 60.1. The first kappa shape index (κ1) is 13.1. The Hall–Kier alpha value is -0.980. The zero-order chi connectivity index (χ0) is 12.2. The highest BCUT2D eigenvalue weighted by atomic mass is 19.4. The van der Waals surface area contributed by atoms with Crippen molar-refractivity contribution in [2.45, 2.75) is 13.1 Å². The highest BCUT2D eigenvalue weighted by Gasteiger charge is 2.41. The van der Waals surface area contributed by atoms with Crippen molar-refractivity contribution in [2.24, 2.45) is 0 Å². The van der Waals surface area contributed by atoms with Crippen LogP contribution >= 0.6 is 0 Å². The molecule has 1 heterocycles. The molecule has 16 heavy (non-hydrogen) atoms. The van der Waals surface area contributed by atoms with Crippen LogP contribution < -0.4 is 0 Å². The van der Waals surface area contributed by atoms with Gasteiger partial charge in [-0.15, -0.1) is 0 Å². The molecule has 0 aliphatic carbocycles. The van der Waals surface area contributed by atoms with Crippen LogP contribution in [0.15, 0.2) is 11.7 Å². The highest BCUT2D eigenvalue weighted by Crippen LogP contribution is 2.31. The lowest BCUT2D eigenvalue weighted by Crippen LogP contribution is -2.36. The van der Waals surface area contributed by atoms with Crippen molar-refractivity contribution < 1.29 is 27.0 Å². The van der Waals surface area contributed by atoms with E-state index in [9.17, 15) is 17.6 Å². The van der Waals surface area contributed by atoms with Gasteiger partial charge in [-0.2, -0.15) is 17.6 Å². The molecule has 94 valence electrons. The molecule has 0 bridgehead atoms. The maximum Gasteiger partial charge on any atom is 0.453 e. The zero-order valence-corrected chi connectivity index (χ0v) is 8.81. The molecule has 1 saturated heterocycles. The molecule has 1 aliphatic heterocycles. The molecule has 7 heteroatoms. The van der Waals surface area contributed by atoms with Gasteiger partial charge < -0.3 is 14.4 Å². The van der Waals surface area contributed by atoms with Gasteiger partial charge in [0.05, 0.1) is 19.8 Å². The molecule has 1 aliphatic rings. The number of ether oxygens (including phenoxy) is 2. The van der Waals surface area contributed by atoms with E-state index in [2.05, 4.69) is 4.74 Å². The van der Waals surface area contributed by atoms with Crippen LogP contribution in [0.25, 0.3) is 0 Å². The number of hydrogen-bond acceptors (Lipinski definition) is 3. The molecule has 0 aromatic rings. The van der Waals surface area contributed by atoms with Crippen LogP contribution in [0.5, 0.6) is 0 Å². The minimum absolute atomic E-state index is 0.0957. The Morgan fingerprint density at radius 3 is 2.31 bits per heavy atom. The normalized spacial score (nSPS) is 19.4. The summed E-state index contributed by atoms with van der Waals surface area (Å²) in [6.45, 7) is 1.76. The van der Waals surface area contributed by atoms with Crippen molar-refractivity contribution in [3.8, 4) is 0 Å². The van der Waals surface area contributed by atoms with E-state index in [1.807, 2.05) is 0 Å². The number of rotatable bonds is 3. The van der Waals surface area contributed by atoms with Crippen molar-refractivity contribution >= 4 is 0 Å². The van der Waals surface area contributed by atoms with Crippen molar-refractivity contribution in [2.75, 3.05) is 32.9 Å². The molecule has 0 N–H and O–H groups in total. The van der Waals surface area contributed by atoms with E-state index >= 15 is 0 Å². The van der Waals surface area contributed by atoms with Gasteiger partial charge in [0.15, 0.2) is 0 Å². The summed E-state index contributed by atoms with van der Waals surface area (Å²) in [5, 5.41) is 0. The predicted octanol–water partition coefficient (Wildman–Crippen LogP) is 2.06. The monoisotopic (exact) mass is 243 g/mol. The summed E-state index contributed by atoms with van der Waals surface area (Å²) in [4.78, 5) is 0.974. The predicted molar refractivity (Wildman–Crippen MR) is 48.2 cm³/mol. The van der Waals surface area contributed by atoms with Crippen LogP contribution in [0.4, 0.5) is 17.6 Å². The van der Waals surface area contributed by atoms with Crippen LogP contribution in [0.3, 0.4) is 0 Å². The Kier molecular flexibility index (Phi) is 4.40. The van der Waals surface area contributed by atoms with Gasteiger partial charge >= 0.3 is 6.18 Å². The Morgan fingerprint density at radius 1 is 1.31 bits per heavy atom. The van der Waals surface area contributed by atoms with Crippen LogP contribution in [0.1, 0.15) is 6.92 Å². The van der Waals surface area contributed by atoms with E-state index in [1.165, 1.54) is 6.92 Å². The highest BCUT2D eigenvalue weighted by molar-refractivity contribution is 5.06. The quantitative estimate of drug-likeness (QED) is 0.430. The lowest BCUT2D eigenvalue weighted by Gasteiger charge is -2.28. The average molecular weight is 243 g/mol. The summed E-state index contributed by atoms with van der Waals surface area (Å²) >= 11 is 0. The maximum absolute atomic E-state index is 13.5. The topological polar surface area (TPSA) is 21.7 Å². The molecule has 0 aromatic carbocycles. The fourth-order valence-corrected chi connectivity index (χ4v) is 1.31. The van der Waals surface area contributed by atoms with E-state index in [4.69, 9.17) is 4.74 Å². The van der Waals surface area contributed by atoms with Crippen molar-refractivity contribution in [1.82, 2.24) is 4.90 Å². The Morgan fingerprint density at radius 2 is 1.88 bits per heavy atom. The van der Waals surface area contributed by atoms with Gasteiger partial charge in [0.2, 0.25) is 5.95 Å². The average Bonchev–Trinajstić information content (AvgIpc) is 2.25. The minimum Gasteiger partial charge on any atom is -0.486 e. The molecule has 1 rings (SSSR count). The Labute approximate surface area is 90.6 Å². The number of halogens is 4. The van der Waals surface area contributed by atoms with Crippen LogP contribution in [-0.2, 0) is 9.47 Å². The third kappa shape index (κ3) is 3.26. The molecule has 0 radical (unpaired) electrons. The molecule has 0 unspecified atom stereocenters. The molecule has 0 saturated carbocycles. The van der Waals surface area contributed by atoms with Gasteiger partial charge in [-0.05, 0) is 6.92 Å². The number of nitrogens with zero attached hydrogens (tertiary/aromatic N) is 1. The number of morpholine rings is 1. The van der Waals surface area contributed by atoms with Gasteiger partial charge in [0.1, 0.15) is 0 Å². The van der Waals surface area contributed by atoms with Gasteiger partial charge in [0, 0.05) is 13.1 Å². The summed E-state index contributed by atoms with van der Waals surface area (Å²) in [5.74, 6) is -2.92. The summed E-state index contributed by atoms with van der Waals surface area (Å²) in [6.07, 6.45) is -4.81. The van der Waals surface area contributed by atoms with Crippen molar-refractivity contribution in [1.29, 1.82) is 0 Å². The summed E-state index contributed by atoms with van der Waals surface area (Å²) in [6, 6.07) is 0. The van der Waals surface area contributed by atoms with Crippen molar-refractivity contribution in [3.63, 3.8) is 0 Å². The summed E-state index contributed by atoms with van der Waals surface area (Å²) in [5.41, 5.74) is 0. The second-order valence-corrected chi connectivity index (χ2v) is 3.15. The second-order valence-electron chi connectivity index (χ2n) is 3.15. The fraction of sp³-hybridized carbons (Fsp3) is 0.778. The molecule has 0 spiro atoms. The molecule has 3 nitrogen and oxygen atoms in total. The Bertz CT molecular complexity index is 259. The first-order chi connectivity index (χ1) is 7.46.